The molecule has 1 aliphatic heterocycles. The van der Waals surface area contributed by atoms with Crippen LogP contribution in [-0.4, -0.2) is 40.4 Å². The summed E-state index contributed by atoms with van der Waals surface area (Å²) in [5, 5.41) is 2.34. The second-order valence-corrected chi connectivity index (χ2v) is 11.0. The molecule has 4 aromatic rings. The molecule has 0 atom stereocenters. The van der Waals surface area contributed by atoms with Gasteiger partial charge in [-0.25, -0.2) is 18.2 Å². The fourth-order valence-electron chi connectivity index (χ4n) is 5.34. The van der Waals surface area contributed by atoms with Crippen LogP contribution in [0.5, 0.6) is 5.75 Å². The highest BCUT2D eigenvalue weighted by Crippen LogP contribution is 2.33. The Morgan fingerprint density at radius 2 is 1.95 bits per heavy atom. The molecule has 0 unspecified atom stereocenters. The summed E-state index contributed by atoms with van der Waals surface area (Å²) in [6.07, 6.45) is -0.443. The lowest BCUT2D eigenvalue weighted by Crippen LogP contribution is -2.28. The molecule has 12 heteroatoms. The number of anilines is 1. The van der Waals surface area contributed by atoms with E-state index in [9.17, 15) is 22.8 Å². The summed E-state index contributed by atoms with van der Waals surface area (Å²) in [6, 6.07) is 14.9. The number of hydrogen-bond donors (Lipinski definition) is 1. The molecule has 0 spiro atoms. The molecular formula is C32H31ClF3N5O3. The normalized spacial score (nSPS) is 12.8. The summed E-state index contributed by atoms with van der Waals surface area (Å²) < 4.78 is 49.8. The van der Waals surface area contributed by atoms with Crippen molar-refractivity contribution in [2.24, 2.45) is 7.05 Å². The molecular weight excluding hydrogens is 595 g/mol. The van der Waals surface area contributed by atoms with Gasteiger partial charge >= 0.3 is 0 Å². The average Bonchev–Trinajstić information content (AvgIpc) is 3.58. The predicted octanol–water partition coefficient (Wildman–Crippen LogP) is 6.01. The van der Waals surface area contributed by atoms with Gasteiger partial charge < -0.3 is 14.2 Å². The maximum atomic E-state index is 14.1. The summed E-state index contributed by atoms with van der Waals surface area (Å²) in [5.74, 6) is 0.894. The highest BCUT2D eigenvalue weighted by molar-refractivity contribution is 6.31. The van der Waals surface area contributed by atoms with Gasteiger partial charge in [0, 0.05) is 63.4 Å². The van der Waals surface area contributed by atoms with Crippen LogP contribution in [0.2, 0.25) is 5.02 Å². The number of rotatable bonds is 12. The molecule has 1 aromatic heterocycles. The van der Waals surface area contributed by atoms with Crippen LogP contribution >= 0.6 is 11.6 Å². The molecule has 0 aliphatic carbocycles. The van der Waals surface area contributed by atoms with Crippen LogP contribution in [0.3, 0.4) is 0 Å². The smallest absolute Gasteiger partial charge is 0.264 e. The second-order valence-electron chi connectivity index (χ2n) is 10.6. The molecule has 2 heterocycles. The van der Waals surface area contributed by atoms with E-state index in [0.29, 0.717) is 38.2 Å². The summed E-state index contributed by atoms with van der Waals surface area (Å²) in [7, 11) is 3.74. The lowest BCUT2D eigenvalue weighted by Gasteiger charge is -2.19. The van der Waals surface area contributed by atoms with Crippen molar-refractivity contribution in [2.75, 3.05) is 18.5 Å². The minimum absolute atomic E-state index is 0.132. The third-order valence-corrected chi connectivity index (χ3v) is 8.05. The molecule has 1 aliphatic rings. The number of halogens is 4. The van der Waals surface area contributed by atoms with Gasteiger partial charge in [-0.2, -0.15) is 0 Å². The fraction of sp³-hybridized carbons (Fsp3) is 0.281. The first-order chi connectivity index (χ1) is 21.1. The van der Waals surface area contributed by atoms with Gasteiger partial charge in [0.1, 0.15) is 29.8 Å². The number of alkyl halides is 2. The number of hydrogen-bond acceptors (Lipinski definition) is 6. The van der Waals surface area contributed by atoms with Gasteiger partial charge in [0.2, 0.25) is 12.3 Å². The van der Waals surface area contributed by atoms with Crippen LogP contribution in [-0.2, 0) is 42.9 Å². The van der Waals surface area contributed by atoms with Crippen molar-refractivity contribution in [1.82, 2.24) is 19.8 Å². The Hall–Kier alpha value is -4.35. The predicted molar refractivity (Wildman–Crippen MR) is 161 cm³/mol. The van der Waals surface area contributed by atoms with E-state index < -0.39 is 12.2 Å². The minimum atomic E-state index is -2.71. The highest BCUT2D eigenvalue weighted by atomic mass is 35.5. The average molecular weight is 626 g/mol. The van der Waals surface area contributed by atoms with Crippen molar-refractivity contribution in [3.05, 3.63) is 99.5 Å². The molecule has 2 amide bonds. The van der Waals surface area contributed by atoms with E-state index in [2.05, 4.69) is 21.3 Å². The van der Waals surface area contributed by atoms with E-state index in [1.165, 1.54) is 18.2 Å². The Labute approximate surface area is 258 Å². The molecule has 5 rings (SSSR count). The van der Waals surface area contributed by atoms with Gasteiger partial charge in [0.25, 0.3) is 6.43 Å². The first-order valence-electron chi connectivity index (χ1n) is 13.9. The monoisotopic (exact) mass is 625 g/mol. The standard InChI is InChI=1S/C32H31ClF3N5O3/c1-39(11-10-29(43)38-19-42)30-14-37-32(40(30)2)20-6-7-21-15-41(17-23(21)12-20)16-22-8-9-24(13-25(22)31(35)36)44-18-26-27(33)4-3-5-28(26)34/h3-9,12-14,19,31H,10-11,15-18H2,1-2H3,(H,38,42,43). The van der Waals surface area contributed by atoms with Crippen molar-refractivity contribution >= 4 is 29.7 Å². The van der Waals surface area contributed by atoms with E-state index in [1.807, 2.05) is 35.7 Å². The van der Waals surface area contributed by atoms with E-state index in [-0.39, 0.29) is 40.8 Å². The van der Waals surface area contributed by atoms with E-state index in [1.54, 1.807) is 24.4 Å². The number of nitrogens with zero attached hydrogens (tertiary/aromatic N) is 4. The Balaban J connectivity index is 1.25. The van der Waals surface area contributed by atoms with Gasteiger partial charge in [-0.3, -0.25) is 19.8 Å². The number of aromatic nitrogens is 2. The largest absolute Gasteiger partial charge is 0.489 e. The number of imidazole rings is 1. The van der Waals surface area contributed by atoms with Gasteiger partial charge in [0.15, 0.2) is 0 Å². The Morgan fingerprint density at radius 1 is 1.16 bits per heavy atom. The third-order valence-electron chi connectivity index (χ3n) is 7.69. The van der Waals surface area contributed by atoms with Crippen LogP contribution in [0.1, 0.15) is 40.7 Å². The zero-order chi connectivity index (χ0) is 31.4. The lowest BCUT2D eigenvalue weighted by molar-refractivity contribution is -0.125. The maximum absolute atomic E-state index is 14.1. The molecule has 8 nitrogen and oxygen atoms in total. The van der Waals surface area contributed by atoms with Gasteiger partial charge in [-0.05, 0) is 47.0 Å². The Kier molecular flexibility index (Phi) is 9.55. The van der Waals surface area contributed by atoms with Gasteiger partial charge in [0.05, 0.1) is 11.2 Å². The zero-order valence-electron chi connectivity index (χ0n) is 24.2. The molecule has 0 bridgehead atoms. The first kappa shape index (κ1) is 31.1. The van der Waals surface area contributed by atoms with Crippen LogP contribution in [0.4, 0.5) is 19.0 Å². The molecule has 44 heavy (non-hydrogen) atoms. The van der Waals surface area contributed by atoms with E-state index in [4.69, 9.17) is 16.3 Å². The summed E-state index contributed by atoms with van der Waals surface area (Å²) in [5.41, 5.74) is 3.64. The topological polar surface area (TPSA) is 79.7 Å². The van der Waals surface area contributed by atoms with Crippen LogP contribution in [0, 0.1) is 5.82 Å². The molecule has 0 radical (unpaired) electrons. The summed E-state index contributed by atoms with van der Waals surface area (Å²) in [4.78, 5) is 30.7. The van der Waals surface area contributed by atoms with Crippen LogP contribution < -0.4 is 15.0 Å². The molecule has 3 aromatic carbocycles. The minimum Gasteiger partial charge on any atom is -0.489 e. The van der Waals surface area contributed by atoms with Gasteiger partial charge in [-0.15, -0.1) is 0 Å². The number of ether oxygens (including phenoxy) is 1. The fourth-order valence-corrected chi connectivity index (χ4v) is 5.56. The number of carbonyl (C=O) groups is 2. The molecule has 1 N–H and O–H groups in total. The molecule has 0 fully saturated rings. The lowest BCUT2D eigenvalue weighted by atomic mass is 10.1. The third kappa shape index (κ3) is 6.89. The number of nitrogens with one attached hydrogen (secondary N) is 1. The van der Waals surface area contributed by atoms with Crippen LogP contribution in [0.15, 0.2) is 60.8 Å². The SMILES string of the molecule is CN(CCC(=O)NC=O)c1cnc(-c2ccc3c(c2)CN(Cc2ccc(OCc4c(F)cccc4Cl)cc2C(F)F)C3)n1C. The van der Waals surface area contributed by atoms with Crippen molar-refractivity contribution in [3.63, 3.8) is 0 Å². The summed E-state index contributed by atoms with van der Waals surface area (Å²) >= 11 is 6.06. The van der Waals surface area contributed by atoms with Crippen molar-refractivity contribution in [2.45, 2.75) is 39.1 Å². The van der Waals surface area contributed by atoms with Crippen molar-refractivity contribution < 1.29 is 27.5 Å². The Bertz CT molecular complexity index is 1660. The number of imide groups is 1. The molecule has 230 valence electrons. The molecule has 0 saturated carbocycles. The number of fused-ring (bicyclic) bond motifs is 1. The first-order valence-corrected chi connectivity index (χ1v) is 14.3. The quantitative estimate of drug-likeness (QED) is 0.194. The number of carbonyl (C=O) groups excluding carboxylic acids is 2. The van der Waals surface area contributed by atoms with E-state index >= 15 is 0 Å². The van der Waals surface area contributed by atoms with Crippen LogP contribution in [0.25, 0.3) is 11.4 Å². The van der Waals surface area contributed by atoms with Crippen molar-refractivity contribution in [1.29, 1.82) is 0 Å². The number of benzene rings is 3. The van der Waals surface area contributed by atoms with Gasteiger partial charge in [-0.1, -0.05) is 35.9 Å². The highest BCUT2D eigenvalue weighted by Gasteiger charge is 2.24. The number of amides is 2. The molecule has 0 saturated heterocycles. The summed E-state index contributed by atoms with van der Waals surface area (Å²) in [6.45, 7) is 1.74. The second kappa shape index (κ2) is 13.5. The van der Waals surface area contributed by atoms with Crippen molar-refractivity contribution in [3.8, 4) is 17.1 Å². The zero-order valence-corrected chi connectivity index (χ0v) is 25.0. The Morgan fingerprint density at radius 3 is 2.70 bits per heavy atom. The maximum Gasteiger partial charge on any atom is 0.264 e. The van der Waals surface area contributed by atoms with E-state index in [0.717, 1.165) is 28.3 Å².